The van der Waals surface area contributed by atoms with Crippen LogP contribution in [0.3, 0.4) is 0 Å². The summed E-state index contributed by atoms with van der Waals surface area (Å²) in [6.07, 6.45) is -0.263. The number of hydrogen-bond acceptors (Lipinski definition) is 5. The molecule has 3 aromatic carbocycles. The predicted molar refractivity (Wildman–Crippen MR) is 122 cm³/mol. The summed E-state index contributed by atoms with van der Waals surface area (Å²) in [6, 6.07) is 17.8. The summed E-state index contributed by atoms with van der Waals surface area (Å²) in [6.45, 7) is 3.48. The topological polar surface area (TPSA) is 81.7 Å². The summed E-state index contributed by atoms with van der Waals surface area (Å²) in [5.41, 5.74) is 2.86. The van der Waals surface area contributed by atoms with Crippen LogP contribution in [0.1, 0.15) is 34.3 Å². The van der Waals surface area contributed by atoms with E-state index in [2.05, 4.69) is 5.32 Å². The molecule has 0 bridgehead atoms. The molecule has 0 aliphatic rings. The number of benzene rings is 3. The number of nitrogens with one attached hydrogen (secondary N) is 1. The van der Waals surface area contributed by atoms with E-state index in [-0.39, 0.29) is 24.3 Å². The zero-order valence-electron chi connectivity index (χ0n) is 18.4. The Hall–Kier alpha value is -4.00. The Balaban J connectivity index is 1.42. The van der Waals surface area contributed by atoms with Crippen molar-refractivity contribution >= 4 is 23.3 Å². The van der Waals surface area contributed by atoms with Gasteiger partial charge in [0.25, 0.3) is 0 Å². The molecular weight excluding hydrogens is 425 g/mol. The van der Waals surface area contributed by atoms with E-state index in [1.807, 2.05) is 32.0 Å². The van der Waals surface area contributed by atoms with Gasteiger partial charge in [0.05, 0.1) is 6.42 Å². The molecule has 1 amide bonds. The molecule has 0 radical (unpaired) electrons. The molecule has 0 heterocycles. The fourth-order valence-corrected chi connectivity index (χ4v) is 3.06. The van der Waals surface area contributed by atoms with E-state index in [0.29, 0.717) is 11.4 Å². The van der Waals surface area contributed by atoms with Gasteiger partial charge in [0, 0.05) is 17.7 Å². The molecule has 0 unspecified atom stereocenters. The molecule has 1 N–H and O–H groups in total. The second-order valence-electron chi connectivity index (χ2n) is 7.49. The highest BCUT2D eigenvalue weighted by Crippen LogP contribution is 2.29. The molecular formula is C26H24FNO5. The number of hydrogen-bond donors (Lipinski definition) is 1. The number of halogens is 1. The van der Waals surface area contributed by atoms with Crippen LogP contribution in [0.15, 0.2) is 66.7 Å². The molecule has 0 saturated carbocycles. The maximum absolute atomic E-state index is 12.9. The minimum atomic E-state index is -0.669. The first-order valence-corrected chi connectivity index (χ1v) is 10.4. The lowest BCUT2D eigenvalue weighted by atomic mass is 10.1. The number of esters is 1. The zero-order valence-corrected chi connectivity index (χ0v) is 18.4. The summed E-state index contributed by atoms with van der Waals surface area (Å²) in [5.74, 6) is -0.502. The molecule has 0 spiro atoms. The van der Waals surface area contributed by atoms with Gasteiger partial charge in [-0.15, -0.1) is 0 Å². The molecule has 3 rings (SSSR count). The van der Waals surface area contributed by atoms with Crippen molar-refractivity contribution in [3.8, 4) is 11.5 Å². The first kappa shape index (κ1) is 23.7. The van der Waals surface area contributed by atoms with Gasteiger partial charge in [-0.1, -0.05) is 18.2 Å². The standard InChI is InChI=1S/C26H24FNO5/c1-17-4-3-5-18(2)26(17)33-22-12-10-21(11-13-22)28-24(30)14-15-25(31)32-16-23(29)19-6-8-20(27)9-7-19/h3-13H,14-16H2,1-2H3,(H,28,30). The van der Waals surface area contributed by atoms with E-state index in [0.717, 1.165) is 29.0 Å². The molecule has 0 atom stereocenters. The monoisotopic (exact) mass is 449 g/mol. The van der Waals surface area contributed by atoms with Gasteiger partial charge in [0.15, 0.2) is 12.4 Å². The molecule has 3 aromatic rings. The SMILES string of the molecule is Cc1cccc(C)c1Oc1ccc(NC(=O)CCC(=O)OCC(=O)c2ccc(F)cc2)cc1. The third-order valence-corrected chi connectivity index (χ3v) is 4.85. The normalized spacial score (nSPS) is 10.4. The first-order valence-electron chi connectivity index (χ1n) is 10.4. The lowest BCUT2D eigenvalue weighted by molar-refractivity contribution is -0.143. The van der Waals surface area contributed by atoms with Crippen LogP contribution in [0.5, 0.6) is 11.5 Å². The van der Waals surface area contributed by atoms with Crippen LogP contribution in [-0.2, 0) is 14.3 Å². The Kier molecular flexibility index (Phi) is 7.91. The predicted octanol–water partition coefficient (Wildman–Crippen LogP) is 5.38. The van der Waals surface area contributed by atoms with E-state index < -0.39 is 24.2 Å². The fourth-order valence-electron chi connectivity index (χ4n) is 3.06. The Labute approximate surface area is 191 Å². The van der Waals surface area contributed by atoms with Gasteiger partial charge in [0.2, 0.25) is 5.91 Å². The molecule has 0 aromatic heterocycles. The first-order chi connectivity index (χ1) is 15.8. The molecule has 0 aliphatic carbocycles. The smallest absolute Gasteiger partial charge is 0.306 e. The summed E-state index contributed by atoms with van der Waals surface area (Å²) in [7, 11) is 0. The van der Waals surface area contributed by atoms with Gasteiger partial charge in [-0.25, -0.2) is 4.39 Å². The van der Waals surface area contributed by atoms with Gasteiger partial charge in [-0.2, -0.15) is 0 Å². The van der Waals surface area contributed by atoms with Crippen LogP contribution in [0.25, 0.3) is 0 Å². The molecule has 7 heteroatoms. The van der Waals surface area contributed by atoms with Gasteiger partial charge in [0.1, 0.15) is 17.3 Å². The molecule has 33 heavy (non-hydrogen) atoms. The second kappa shape index (κ2) is 11.0. The minimum Gasteiger partial charge on any atom is -0.457 e. The van der Waals surface area contributed by atoms with Crippen LogP contribution in [0.4, 0.5) is 10.1 Å². The van der Waals surface area contributed by atoms with Gasteiger partial charge < -0.3 is 14.8 Å². The van der Waals surface area contributed by atoms with Gasteiger partial charge in [-0.05, 0) is 73.5 Å². The molecule has 0 aliphatic heterocycles. The summed E-state index contributed by atoms with van der Waals surface area (Å²) >= 11 is 0. The second-order valence-corrected chi connectivity index (χ2v) is 7.49. The lowest BCUT2D eigenvalue weighted by Crippen LogP contribution is -2.17. The summed E-state index contributed by atoms with van der Waals surface area (Å²) in [5, 5.41) is 2.70. The number of Topliss-reactive ketones (excluding diaryl/α,β-unsaturated/α-hetero) is 1. The maximum Gasteiger partial charge on any atom is 0.306 e. The van der Waals surface area contributed by atoms with E-state index in [1.54, 1.807) is 24.3 Å². The average molecular weight is 449 g/mol. The van der Waals surface area contributed by atoms with Crippen molar-refractivity contribution in [2.24, 2.45) is 0 Å². The van der Waals surface area contributed by atoms with Crippen molar-refractivity contribution in [1.29, 1.82) is 0 Å². The summed E-state index contributed by atoms with van der Waals surface area (Å²) in [4.78, 5) is 35.9. The van der Waals surface area contributed by atoms with Crippen LogP contribution in [0.2, 0.25) is 0 Å². The van der Waals surface area contributed by atoms with Crippen LogP contribution in [0, 0.1) is 19.7 Å². The third-order valence-electron chi connectivity index (χ3n) is 4.85. The van der Waals surface area contributed by atoms with Crippen LogP contribution >= 0.6 is 0 Å². The molecule has 0 fully saturated rings. The highest BCUT2D eigenvalue weighted by molar-refractivity contribution is 5.98. The van der Waals surface area contributed by atoms with E-state index in [9.17, 15) is 18.8 Å². The van der Waals surface area contributed by atoms with Crippen molar-refractivity contribution in [2.75, 3.05) is 11.9 Å². The van der Waals surface area contributed by atoms with E-state index in [4.69, 9.17) is 9.47 Å². The van der Waals surface area contributed by atoms with Crippen molar-refractivity contribution in [3.05, 3.63) is 89.2 Å². The Morgan fingerprint density at radius 3 is 2.12 bits per heavy atom. The number of amides is 1. The van der Waals surface area contributed by atoms with Crippen LogP contribution < -0.4 is 10.1 Å². The van der Waals surface area contributed by atoms with Crippen molar-refractivity contribution < 1.29 is 28.2 Å². The Morgan fingerprint density at radius 1 is 0.848 bits per heavy atom. The van der Waals surface area contributed by atoms with E-state index in [1.165, 1.54) is 12.1 Å². The number of anilines is 1. The zero-order chi connectivity index (χ0) is 23.8. The summed E-state index contributed by atoms with van der Waals surface area (Å²) < 4.78 is 23.7. The maximum atomic E-state index is 12.9. The number of carbonyl (C=O) groups is 3. The number of rotatable bonds is 9. The average Bonchev–Trinajstić information content (AvgIpc) is 2.80. The number of ether oxygens (including phenoxy) is 2. The number of aryl methyl sites for hydroxylation is 2. The fraction of sp³-hybridized carbons (Fsp3) is 0.192. The highest BCUT2D eigenvalue weighted by atomic mass is 19.1. The minimum absolute atomic E-state index is 0.0930. The third kappa shape index (κ3) is 7.00. The van der Waals surface area contributed by atoms with Crippen molar-refractivity contribution in [2.45, 2.75) is 26.7 Å². The highest BCUT2D eigenvalue weighted by Gasteiger charge is 2.12. The molecule has 0 saturated heterocycles. The lowest BCUT2D eigenvalue weighted by Gasteiger charge is -2.12. The number of para-hydroxylation sites is 1. The quantitative estimate of drug-likeness (QED) is 0.350. The molecule has 6 nitrogen and oxygen atoms in total. The van der Waals surface area contributed by atoms with Crippen LogP contribution in [-0.4, -0.2) is 24.3 Å². The number of ketones is 1. The van der Waals surface area contributed by atoms with Gasteiger partial charge in [-0.3, -0.25) is 14.4 Å². The van der Waals surface area contributed by atoms with Crippen molar-refractivity contribution in [1.82, 2.24) is 0 Å². The Morgan fingerprint density at radius 2 is 1.48 bits per heavy atom. The van der Waals surface area contributed by atoms with E-state index >= 15 is 0 Å². The van der Waals surface area contributed by atoms with Crippen molar-refractivity contribution in [3.63, 3.8) is 0 Å². The largest absolute Gasteiger partial charge is 0.457 e. The van der Waals surface area contributed by atoms with Gasteiger partial charge >= 0.3 is 5.97 Å². The number of carbonyl (C=O) groups excluding carboxylic acids is 3. The molecule has 170 valence electrons. The Bertz CT molecular complexity index is 1120.